The highest BCUT2D eigenvalue weighted by Gasteiger charge is 2.48. The molecule has 0 radical (unpaired) electrons. The molecule has 0 heterocycles. The van der Waals surface area contributed by atoms with E-state index in [1.807, 2.05) is 0 Å². The fourth-order valence-electron chi connectivity index (χ4n) is 1.47. The van der Waals surface area contributed by atoms with Gasteiger partial charge in [0.1, 0.15) is 10.7 Å². The van der Waals surface area contributed by atoms with Crippen LogP contribution in [0, 0.1) is 5.82 Å². The molecule has 0 bridgehead atoms. The van der Waals surface area contributed by atoms with Crippen LogP contribution in [0.4, 0.5) is 17.6 Å². The Morgan fingerprint density at radius 2 is 1.67 bits per heavy atom. The van der Waals surface area contributed by atoms with E-state index in [2.05, 4.69) is 4.72 Å². The van der Waals surface area contributed by atoms with E-state index in [1.54, 1.807) is 0 Å². The lowest BCUT2D eigenvalue weighted by Gasteiger charge is -2.11. The summed E-state index contributed by atoms with van der Waals surface area (Å²) >= 11 is 0. The lowest BCUT2D eigenvalue weighted by molar-refractivity contribution is -0.0437. The number of alkyl halides is 3. The number of hydrogen-bond donors (Lipinski definition) is 1. The van der Waals surface area contributed by atoms with Gasteiger partial charge in [-0.05, 0) is 31.0 Å². The average molecular weight is 347 g/mol. The van der Waals surface area contributed by atoms with Crippen molar-refractivity contribution in [1.29, 1.82) is 0 Å². The van der Waals surface area contributed by atoms with E-state index >= 15 is 0 Å². The maximum absolute atomic E-state index is 13.4. The molecule has 1 aromatic rings. The third kappa shape index (κ3) is 3.19. The summed E-state index contributed by atoms with van der Waals surface area (Å²) in [6, 6.07) is 0.918. The Morgan fingerprint density at radius 3 is 2.14 bits per heavy atom. The monoisotopic (exact) mass is 347 g/mol. The Hall–Kier alpha value is -1.20. The van der Waals surface area contributed by atoms with Crippen LogP contribution in [0.5, 0.6) is 0 Å². The Bertz CT molecular complexity index is 767. The first kappa shape index (κ1) is 16.2. The Kier molecular flexibility index (Phi) is 3.79. The average Bonchev–Trinajstić information content (AvgIpc) is 3.10. The number of hydrogen-bond acceptors (Lipinski definition) is 4. The second kappa shape index (κ2) is 4.92. The maximum atomic E-state index is 13.4. The second-order valence-electron chi connectivity index (χ2n) is 4.44. The molecule has 1 saturated carbocycles. The molecule has 118 valence electrons. The van der Waals surface area contributed by atoms with E-state index in [0.717, 1.165) is 0 Å². The minimum absolute atomic E-state index is 0.170. The van der Waals surface area contributed by atoms with Gasteiger partial charge in [0.15, 0.2) is 0 Å². The van der Waals surface area contributed by atoms with Gasteiger partial charge in [0.25, 0.3) is 9.84 Å². The summed E-state index contributed by atoms with van der Waals surface area (Å²) in [6.45, 7) is 0. The molecule has 0 unspecified atom stereocenters. The summed E-state index contributed by atoms with van der Waals surface area (Å²) < 4.78 is 98.8. The van der Waals surface area contributed by atoms with Gasteiger partial charge in [-0.25, -0.2) is 25.9 Å². The van der Waals surface area contributed by atoms with Crippen LogP contribution in [0.25, 0.3) is 0 Å². The van der Waals surface area contributed by atoms with E-state index in [9.17, 15) is 34.4 Å². The number of sulfonamides is 1. The Morgan fingerprint density at radius 1 is 1.10 bits per heavy atom. The van der Waals surface area contributed by atoms with Crippen LogP contribution in [0.2, 0.25) is 0 Å². The van der Waals surface area contributed by atoms with Gasteiger partial charge in [0.05, 0.1) is 4.90 Å². The highest BCUT2D eigenvalue weighted by atomic mass is 32.2. The smallest absolute Gasteiger partial charge is 0.214 e. The summed E-state index contributed by atoms with van der Waals surface area (Å²) in [7, 11) is -10.2. The lowest BCUT2D eigenvalue weighted by Crippen LogP contribution is -2.27. The molecule has 1 aliphatic carbocycles. The number of rotatable bonds is 4. The third-order valence-electron chi connectivity index (χ3n) is 2.71. The summed E-state index contributed by atoms with van der Waals surface area (Å²) in [5, 5.41) is 0. The highest BCUT2D eigenvalue weighted by molar-refractivity contribution is 7.92. The van der Waals surface area contributed by atoms with Crippen LogP contribution in [-0.4, -0.2) is 28.4 Å². The van der Waals surface area contributed by atoms with Crippen molar-refractivity contribution in [2.75, 3.05) is 0 Å². The highest BCUT2D eigenvalue weighted by Crippen LogP contribution is 2.33. The molecular weight excluding hydrogens is 338 g/mol. The van der Waals surface area contributed by atoms with Gasteiger partial charge in [-0.15, -0.1) is 0 Å². The van der Waals surface area contributed by atoms with E-state index in [0.29, 0.717) is 25.0 Å². The van der Waals surface area contributed by atoms with Gasteiger partial charge in [-0.2, -0.15) is 13.2 Å². The SMILES string of the molecule is O=S(=O)(NC1CC1)c1ccc(F)c(S(=O)(=O)C(F)(F)F)c1. The van der Waals surface area contributed by atoms with Crippen molar-refractivity contribution in [3.63, 3.8) is 0 Å². The summed E-state index contributed by atoms with van der Waals surface area (Å²) in [5.74, 6) is -1.67. The summed E-state index contributed by atoms with van der Waals surface area (Å²) in [6.07, 6.45) is 1.16. The molecular formula is C10H9F4NO4S2. The summed E-state index contributed by atoms with van der Waals surface area (Å²) in [4.78, 5) is -2.45. The Balaban J connectivity index is 2.52. The quantitative estimate of drug-likeness (QED) is 0.838. The van der Waals surface area contributed by atoms with Gasteiger partial charge < -0.3 is 0 Å². The molecule has 1 aromatic carbocycles. The molecule has 0 atom stereocenters. The molecule has 0 aliphatic heterocycles. The molecule has 0 saturated heterocycles. The van der Waals surface area contributed by atoms with E-state index in [-0.39, 0.29) is 12.1 Å². The molecule has 1 N–H and O–H groups in total. The fraction of sp³-hybridized carbons (Fsp3) is 0.400. The molecule has 1 fully saturated rings. The Labute approximate surface area is 117 Å². The van der Waals surface area contributed by atoms with Gasteiger partial charge in [-0.3, -0.25) is 0 Å². The first-order chi connectivity index (χ1) is 9.45. The van der Waals surface area contributed by atoms with Gasteiger partial charge in [0, 0.05) is 6.04 Å². The zero-order valence-electron chi connectivity index (χ0n) is 10.2. The lowest BCUT2D eigenvalue weighted by atomic mass is 10.3. The van der Waals surface area contributed by atoms with Gasteiger partial charge >= 0.3 is 5.51 Å². The predicted octanol–water partition coefficient (Wildman–Crippen LogP) is 1.56. The number of benzene rings is 1. The number of sulfone groups is 1. The number of halogens is 4. The zero-order chi connectivity index (χ0) is 16.1. The van der Waals surface area contributed by atoms with E-state index < -0.39 is 41.0 Å². The van der Waals surface area contributed by atoms with Gasteiger partial charge in [-0.1, -0.05) is 0 Å². The van der Waals surface area contributed by atoms with Crippen LogP contribution in [0.15, 0.2) is 28.0 Å². The molecule has 0 spiro atoms. The second-order valence-corrected chi connectivity index (χ2v) is 8.06. The van der Waals surface area contributed by atoms with E-state index in [1.165, 1.54) is 0 Å². The molecule has 0 amide bonds. The molecule has 21 heavy (non-hydrogen) atoms. The van der Waals surface area contributed by atoms with Crippen molar-refractivity contribution >= 4 is 19.9 Å². The molecule has 2 rings (SSSR count). The molecule has 1 aliphatic rings. The predicted molar refractivity (Wildman–Crippen MR) is 63.0 cm³/mol. The molecule has 5 nitrogen and oxygen atoms in total. The van der Waals surface area contributed by atoms with Gasteiger partial charge in [0.2, 0.25) is 10.0 Å². The molecule has 11 heteroatoms. The van der Waals surface area contributed by atoms with Crippen molar-refractivity contribution in [3.8, 4) is 0 Å². The normalized spacial score (nSPS) is 17.0. The van der Waals surface area contributed by atoms with Crippen LogP contribution in [0.3, 0.4) is 0 Å². The first-order valence-corrected chi connectivity index (χ1v) is 8.55. The summed E-state index contributed by atoms with van der Waals surface area (Å²) in [5.41, 5.74) is -5.72. The third-order valence-corrected chi connectivity index (χ3v) is 5.73. The van der Waals surface area contributed by atoms with Crippen molar-refractivity contribution in [2.45, 2.75) is 34.2 Å². The van der Waals surface area contributed by atoms with E-state index in [4.69, 9.17) is 0 Å². The first-order valence-electron chi connectivity index (χ1n) is 5.58. The maximum Gasteiger partial charge on any atom is 0.502 e. The zero-order valence-corrected chi connectivity index (χ0v) is 11.8. The topological polar surface area (TPSA) is 80.3 Å². The van der Waals surface area contributed by atoms with Crippen LogP contribution < -0.4 is 4.72 Å². The van der Waals surface area contributed by atoms with Crippen LogP contribution >= 0.6 is 0 Å². The largest absolute Gasteiger partial charge is 0.502 e. The van der Waals surface area contributed by atoms with Crippen LogP contribution in [0.1, 0.15) is 12.8 Å². The minimum atomic E-state index is -5.97. The van der Waals surface area contributed by atoms with Crippen molar-refractivity contribution in [1.82, 2.24) is 4.72 Å². The van der Waals surface area contributed by atoms with Crippen LogP contribution in [-0.2, 0) is 19.9 Å². The molecule has 0 aromatic heterocycles. The minimum Gasteiger partial charge on any atom is -0.214 e. The fourth-order valence-corrected chi connectivity index (χ4v) is 3.73. The standard InChI is InChI=1S/C10H9F4NO4S2/c11-8-4-3-7(21(18,19)15-6-1-2-6)5-9(8)20(16,17)10(12,13)14/h3-6,15H,1-2H2. The van der Waals surface area contributed by atoms with Crippen molar-refractivity contribution in [2.24, 2.45) is 0 Å². The van der Waals surface area contributed by atoms with Crippen molar-refractivity contribution in [3.05, 3.63) is 24.0 Å². The number of nitrogens with one attached hydrogen (secondary N) is 1. The van der Waals surface area contributed by atoms with Crippen molar-refractivity contribution < 1.29 is 34.4 Å².